The zero-order valence-corrected chi connectivity index (χ0v) is 14.3. The van der Waals surface area contributed by atoms with Crippen LogP contribution in [0.5, 0.6) is 0 Å². The number of hydrogen-bond donors (Lipinski definition) is 2. The van der Waals surface area contributed by atoms with Crippen LogP contribution in [-0.4, -0.2) is 28.6 Å². The Morgan fingerprint density at radius 1 is 1.41 bits per heavy atom. The van der Waals surface area contributed by atoms with E-state index in [1.165, 1.54) is 0 Å². The normalized spacial score (nSPS) is 12.1. The molecule has 1 aromatic heterocycles. The monoisotopic (exact) mass is 336 g/mol. The Balaban J connectivity index is 1.88. The molecule has 118 valence electrons. The topological polar surface area (TPSA) is 62.2 Å². The quantitative estimate of drug-likeness (QED) is 0.762. The van der Waals surface area contributed by atoms with E-state index >= 15 is 0 Å². The van der Waals surface area contributed by atoms with Gasteiger partial charge in [-0.25, -0.2) is 4.98 Å². The summed E-state index contributed by atoms with van der Waals surface area (Å²) in [5.41, 5.74) is 2.86. The molecule has 0 aliphatic rings. The van der Waals surface area contributed by atoms with Crippen molar-refractivity contribution in [3.8, 4) is 0 Å². The number of aliphatic hydroxyl groups excluding tert-OH is 1. The van der Waals surface area contributed by atoms with Crippen molar-refractivity contribution < 1.29 is 9.90 Å². The summed E-state index contributed by atoms with van der Waals surface area (Å²) in [7, 11) is 0. The number of nitrogens with zero attached hydrogens (tertiary/aromatic N) is 1. The van der Waals surface area contributed by atoms with Gasteiger partial charge in [-0.1, -0.05) is 23.9 Å². The highest BCUT2D eigenvalue weighted by Crippen LogP contribution is 2.26. The lowest BCUT2D eigenvalue weighted by Crippen LogP contribution is -2.33. The first-order chi connectivity index (χ1) is 10.6. The average Bonchev–Trinajstić information content (AvgIpc) is 2.91. The minimum absolute atomic E-state index is 0.0270. The summed E-state index contributed by atoms with van der Waals surface area (Å²) in [5, 5.41) is 13.8. The summed E-state index contributed by atoms with van der Waals surface area (Å²) in [6.07, 6.45) is 0.563. The Bertz CT molecular complexity index is 611. The van der Waals surface area contributed by atoms with E-state index in [0.717, 1.165) is 21.3 Å². The van der Waals surface area contributed by atoms with Gasteiger partial charge in [0.15, 0.2) is 0 Å². The first-order valence-electron chi connectivity index (χ1n) is 7.14. The van der Waals surface area contributed by atoms with Crippen LogP contribution < -0.4 is 5.32 Å². The Morgan fingerprint density at radius 3 is 2.73 bits per heavy atom. The van der Waals surface area contributed by atoms with Crippen LogP contribution in [0.15, 0.2) is 34.0 Å². The highest BCUT2D eigenvalue weighted by atomic mass is 32.2. The fourth-order valence-corrected chi connectivity index (χ4v) is 3.67. The van der Waals surface area contributed by atoms with Crippen LogP contribution in [0.1, 0.15) is 35.0 Å². The van der Waals surface area contributed by atoms with Crippen molar-refractivity contribution in [1.29, 1.82) is 0 Å². The molecule has 0 radical (unpaired) electrons. The van der Waals surface area contributed by atoms with E-state index in [-0.39, 0.29) is 18.6 Å². The van der Waals surface area contributed by atoms with Crippen LogP contribution in [0.4, 0.5) is 0 Å². The Labute approximate surface area is 139 Å². The molecule has 0 fully saturated rings. The van der Waals surface area contributed by atoms with Gasteiger partial charge in [-0.05, 0) is 38.0 Å². The molecule has 1 atom stereocenters. The van der Waals surface area contributed by atoms with E-state index < -0.39 is 0 Å². The second-order valence-corrected chi connectivity index (χ2v) is 7.21. The number of benzene rings is 1. The third kappa shape index (κ3) is 5.12. The molecule has 0 saturated heterocycles. The van der Waals surface area contributed by atoms with Gasteiger partial charge in [0.1, 0.15) is 4.34 Å². The molecule has 2 N–H and O–H groups in total. The highest BCUT2D eigenvalue weighted by molar-refractivity contribution is 8.00. The summed E-state index contributed by atoms with van der Waals surface area (Å²) < 4.78 is 1.07. The third-order valence-electron chi connectivity index (χ3n) is 3.12. The summed E-state index contributed by atoms with van der Waals surface area (Å²) in [6, 6.07) is 7.59. The molecule has 6 heteroatoms. The average molecular weight is 336 g/mol. The summed E-state index contributed by atoms with van der Waals surface area (Å²) in [6.45, 7) is 3.95. The van der Waals surface area contributed by atoms with E-state index in [1.807, 2.05) is 43.5 Å². The molecule has 0 saturated carbocycles. The smallest absolute Gasteiger partial charge is 0.251 e. The van der Waals surface area contributed by atoms with E-state index in [1.54, 1.807) is 23.1 Å². The van der Waals surface area contributed by atoms with Crippen LogP contribution >= 0.6 is 23.1 Å². The lowest BCUT2D eigenvalue weighted by Gasteiger charge is -2.12. The maximum Gasteiger partial charge on any atom is 0.251 e. The molecule has 22 heavy (non-hydrogen) atoms. The molecular weight excluding hydrogens is 316 g/mol. The number of nitrogens with one attached hydrogen (secondary N) is 1. The third-order valence-corrected chi connectivity index (χ3v) is 5.33. The zero-order valence-electron chi connectivity index (χ0n) is 12.7. The molecule has 1 aromatic carbocycles. The SMILES string of the molecule is Cc1csc(SCc2ccc(C(=O)NC(C)CCO)cc2)n1. The number of aromatic nitrogens is 1. The van der Waals surface area contributed by atoms with Gasteiger partial charge in [0.2, 0.25) is 0 Å². The fraction of sp³-hybridized carbons (Fsp3) is 0.375. The molecule has 0 spiro atoms. The highest BCUT2D eigenvalue weighted by Gasteiger charge is 2.09. The number of amides is 1. The van der Waals surface area contributed by atoms with Gasteiger partial charge in [-0.15, -0.1) is 11.3 Å². The predicted octanol–water partition coefficient (Wildman–Crippen LogP) is 3.24. The van der Waals surface area contributed by atoms with Gasteiger partial charge in [0.05, 0.1) is 0 Å². The molecular formula is C16H20N2O2S2. The van der Waals surface area contributed by atoms with Gasteiger partial charge < -0.3 is 10.4 Å². The number of carbonyl (C=O) groups is 1. The van der Waals surface area contributed by atoms with Gasteiger partial charge in [0, 0.05) is 35.0 Å². The van der Waals surface area contributed by atoms with Crippen molar-refractivity contribution >= 4 is 29.0 Å². The van der Waals surface area contributed by atoms with Gasteiger partial charge in [-0.2, -0.15) is 0 Å². The molecule has 0 aliphatic carbocycles. The lowest BCUT2D eigenvalue weighted by atomic mass is 10.1. The number of aliphatic hydroxyl groups is 1. The molecule has 4 nitrogen and oxygen atoms in total. The van der Waals surface area contributed by atoms with Crippen LogP contribution in [-0.2, 0) is 5.75 Å². The maximum atomic E-state index is 12.0. The molecule has 2 aromatic rings. The van der Waals surface area contributed by atoms with Gasteiger partial charge >= 0.3 is 0 Å². The Hall–Kier alpha value is -1.37. The second kappa shape index (κ2) is 8.31. The number of carbonyl (C=O) groups excluding carboxylic acids is 1. The molecule has 0 bridgehead atoms. The molecule has 1 heterocycles. The summed E-state index contributed by atoms with van der Waals surface area (Å²) >= 11 is 3.36. The van der Waals surface area contributed by atoms with E-state index in [2.05, 4.69) is 10.3 Å². The lowest BCUT2D eigenvalue weighted by molar-refractivity contribution is 0.0934. The van der Waals surface area contributed by atoms with Gasteiger partial charge in [0.25, 0.3) is 5.91 Å². The largest absolute Gasteiger partial charge is 0.396 e. The van der Waals surface area contributed by atoms with Crippen LogP contribution in [0, 0.1) is 6.92 Å². The second-order valence-electron chi connectivity index (χ2n) is 5.13. The standard InChI is InChI=1S/C16H20N2O2S2/c1-11(7-8-19)17-15(20)14-5-3-13(4-6-14)10-22-16-18-12(2)9-21-16/h3-6,9,11,19H,7-8,10H2,1-2H3,(H,17,20). The van der Waals surface area contributed by atoms with Crippen molar-refractivity contribution in [2.75, 3.05) is 6.61 Å². The van der Waals surface area contributed by atoms with Crippen molar-refractivity contribution in [3.63, 3.8) is 0 Å². The maximum absolute atomic E-state index is 12.0. The minimum Gasteiger partial charge on any atom is -0.396 e. The van der Waals surface area contributed by atoms with Crippen LogP contribution in [0.2, 0.25) is 0 Å². The van der Waals surface area contributed by atoms with E-state index in [0.29, 0.717) is 12.0 Å². The van der Waals surface area contributed by atoms with Crippen LogP contribution in [0.25, 0.3) is 0 Å². The molecule has 2 rings (SSSR count). The molecule has 1 amide bonds. The van der Waals surface area contributed by atoms with E-state index in [4.69, 9.17) is 5.11 Å². The van der Waals surface area contributed by atoms with Crippen LogP contribution in [0.3, 0.4) is 0 Å². The molecule has 1 unspecified atom stereocenters. The Morgan fingerprint density at radius 2 is 2.14 bits per heavy atom. The number of rotatable bonds is 7. The van der Waals surface area contributed by atoms with E-state index in [9.17, 15) is 4.79 Å². The van der Waals surface area contributed by atoms with Gasteiger partial charge in [-0.3, -0.25) is 4.79 Å². The van der Waals surface area contributed by atoms with Crippen molar-refractivity contribution in [3.05, 3.63) is 46.5 Å². The number of thiazole rings is 1. The van der Waals surface area contributed by atoms with Crippen molar-refractivity contribution in [2.45, 2.75) is 36.4 Å². The number of hydrogen-bond acceptors (Lipinski definition) is 5. The first-order valence-corrected chi connectivity index (χ1v) is 9.00. The summed E-state index contributed by atoms with van der Waals surface area (Å²) in [4.78, 5) is 16.4. The van der Waals surface area contributed by atoms with Crippen molar-refractivity contribution in [1.82, 2.24) is 10.3 Å². The Kier molecular flexibility index (Phi) is 6.42. The van der Waals surface area contributed by atoms with Crippen molar-refractivity contribution in [2.24, 2.45) is 0 Å². The number of aryl methyl sites for hydroxylation is 1. The zero-order chi connectivity index (χ0) is 15.9. The fourth-order valence-electron chi connectivity index (χ4n) is 1.87. The summed E-state index contributed by atoms with van der Waals surface area (Å²) in [5.74, 6) is 0.742. The first kappa shape index (κ1) is 17.0. The minimum atomic E-state index is -0.101. The number of thioether (sulfide) groups is 1. The predicted molar refractivity (Wildman–Crippen MR) is 91.5 cm³/mol. The molecule has 0 aliphatic heterocycles.